The van der Waals surface area contributed by atoms with E-state index in [1.54, 1.807) is 18.6 Å². The summed E-state index contributed by atoms with van der Waals surface area (Å²) in [5, 5.41) is 2.98. The van der Waals surface area contributed by atoms with Crippen molar-refractivity contribution >= 4 is 11.9 Å². The van der Waals surface area contributed by atoms with Crippen LogP contribution in [0.3, 0.4) is 0 Å². The average molecular weight is 353 g/mol. The lowest BCUT2D eigenvalue weighted by molar-refractivity contribution is -0.131. The molecule has 2 aromatic rings. The van der Waals surface area contributed by atoms with Gasteiger partial charge in [-0.1, -0.05) is 6.07 Å². The second-order valence-corrected chi connectivity index (χ2v) is 6.80. The Morgan fingerprint density at radius 3 is 2.85 bits per heavy atom. The molecule has 26 heavy (non-hydrogen) atoms. The molecule has 3 atom stereocenters. The van der Waals surface area contributed by atoms with Gasteiger partial charge in [0.25, 0.3) is 0 Å². The zero-order chi connectivity index (χ0) is 17.8. The molecule has 7 heteroatoms. The molecule has 2 fully saturated rings. The highest BCUT2D eigenvalue weighted by atomic mass is 16.5. The van der Waals surface area contributed by atoms with Crippen LogP contribution >= 0.6 is 0 Å². The first-order chi connectivity index (χ1) is 12.8. The molecule has 0 radical (unpaired) electrons. The van der Waals surface area contributed by atoms with E-state index in [1.807, 2.05) is 24.3 Å². The fourth-order valence-corrected chi connectivity index (χ4v) is 3.71. The number of aromatic nitrogens is 3. The van der Waals surface area contributed by atoms with E-state index in [0.717, 1.165) is 44.0 Å². The largest absolute Gasteiger partial charge is 0.363 e. The molecule has 0 aliphatic carbocycles. The second kappa shape index (κ2) is 7.78. The van der Waals surface area contributed by atoms with E-state index < -0.39 is 0 Å². The van der Waals surface area contributed by atoms with Crippen molar-refractivity contribution in [1.29, 1.82) is 0 Å². The Morgan fingerprint density at radius 2 is 2.04 bits per heavy atom. The third kappa shape index (κ3) is 3.83. The van der Waals surface area contributed by atoms with Gasteiger partial charge in [0.2, 0.25) is 11.9 Å². The van der Waals surface area contributed by atoms with Crippen molar-refractivity contribution in [3.8, 4) is 0 Å². The van der Waals surface area contributed by atoms with E-state index in [-0.39, 0.29) is 18.1 Å². The summed E-state index contributed by atoms with van der Waals surface area (Å²) in [6, 6.07) is 7.62. The van der Waals surface area contributed by atoms with Gasteiger partial charge in [0.05, 0.1) is 6.10 Å². The molecule has 136 valence electrons. The van der Waals surface area contributed by atoms with Crippen molar-refractivity contribution in [2.75, 3.05) is 24.5 Å². The Balaban J connectivity index is 1.27. The number of amides is 1. The molecule has 2 saturated heterocycles. The molecule has 1 N–H and O–H groups in total. The number of fused-ring (bicyclic) bond motifs is 1. The molecule has 0 saturated carbocycles. The van der Waals surface area contributed by atoms with Crippen molar-refractivity contribution < 1.29 is 9.53 Å². The van der Waals surface area contributed by atoms with Gasteiger partial charge < -0.3 is 15.0 Å². The summed E-state index contributed by atoms with van der Waals surface area (Å²) in [4.78, 5) is 27.5. The number of pyridine rings is 1. The van der Waals surface area contributed by atoms with Crippen LogP contribution in [0.4, 0.5) is 5.95 Å². The number of carbonyl (C=O) groups excluding carboxylic acids is 1. The van der Waals surface area contributed by atoms with Crippen molar-refractivity contribution in [3.05, 3.63) is 48.5 Å². The molecular weight excluding hydrogens is 330 g/mol. The SMILES string of the molecule is O=C(NCCc1ccccn1)[C@H]1C[C@@H]2CCN(c3ncccn3)C[C@H]2O1. The predicted molar refractivity (Wildman–Crippen MR) is 96.6 cm³/mol. The number of piperidine rings is 1. The highest BCUT2D eigenvalue weighted by Gasteiger charge is 2.42. The molecule has 0 aromatic carbocycles. The van der Waals surface area contributed by atoms with E-state index in [9.17, 15) is 4.79 Å². The molecule has 4 heterocycles. The second-order valence-electron chi connectivity index (χ2n) is 6.80. The number of hydrogen-bond donors (Lipinski definition) is 1. The van der Waals surface area contributed by atoms with E-state index >= 15 is 0 Å². The molecule has 2 aliphatic heterocycles. The Kier molecular flexibility index (Phi) is 5.06. The van der Waals surface area contributed by atoms with E-state index in [2.05, 4.69) is 25.2 Å². The predicted octanol–water partition coefficient (Wildman–Crippen LogP) is 1.21. The third-order valence-corrected chi connectivity index (χ3v) is 5.09. The van der Waals surface area contributed by atoms with Crippen LogP contribution in [0.2, 0.25) is 0 Å². The van der Waals surface area contributed by atoms with Crippen LogP contribution in [0.15, 0.2) is 42.9 Å². The summed E-state index contributed by atoms with van der Waals surface area (Å²) in [6.07, 6.45) is 7.51. The summed E-state index contributed by atoms with van der Waals surface area (Å²) >= 11 is 0. The molecule has 1 amide bonds. The lowest BCUT2D eigenvalue weighted by Crippen LogP contribution is -2.43. The minimum absolute atomic E-state index is 0.0159. The summed E-state index contributed by atoms with van der Waals surface area (Å²) in [7, 11) is 0. The van der Waals surface area contributed by atoms with Crippen molar-refractivity contribution in [2.45, 2.75) is 31.5 Å². The lowest BCUT2D eigenvalue weighted by Gasteiger charge is -2.33. The first kappa shape index (κ1) is 16.9. The van der Waals surface area contributed by atoms with E-state index in [4.69, 9.17) is 4.74 Å². The molecule has 2 aliphatic rings. The first-order valence-corrected chi connectivity index (χ1v) is 9.14. The van der Waals surface area contributed by atoms with Gasteiger partial charge in [-0.15, -0.1) is 0 Å². The van der Waals surface area contributed by atoms with Crippen LogP contribution in [0.5, 0.6) is 0 Å². The van der Waals surface area contributed by atoms with Crippen molar-refractivity contribution in [1.82, 2.24) is 20.3 Å². The maximum absolute atomic E-state index is 12.4. The highest BCUT2D eigenvalue weighted by molar-refractivity contribution is 5.81. The minimum atomic E-state index is -0.356. The molecule has 0 bridgehead atoms. The van der Waals surface area contributed by atoms with Gasteiger partial charge in [-0.2, -0.15) is 0 Å². The fraction of sp³-hybridized carbons (Fsp3) is 0.474. The van der Waals surface area contributed by atoms with Crippen LogP contribution < -0.4 is 10.2 Å². The highest BCUT2D eigenvalue weighted by Crippen LogP contribution is 2.34. The Bertz CT molecular complexity index is 727. The van der Waals surface area contributed by atoms with Crippen LogP contribution in [-0.2, 0) is 16.0 Å². The van der Waals surface area contributed by atoms with Gasteiger partial charge in [-0.3, -0.25) is 9.78 Å². The quantitative estimate of drug-likeness (QED) is 0.870. The molecule has 4 rings (SSSR count). The molecular formula is C19H23N5O2. The maximum atomic E-state index is 12.4. The Labute approximate surface area is 152 Å². The van der Waals surface area contributed by atoms with E-state index in [0.29, 0.717) is 12.5 Å². The van der Waals surface area contributed by atoms with Crippen LogP contribution in [0.25, 0.3) is 0 Å². The van der Waals surface area contributed by atoms with Crippen molar-refractivity contribution in [3.63, 3.8) is 0 Å². The maximum Gasteiger partial charge on any atom is 0.249 e. The number of nitrogens with one attached hydrogen (secondary N) is 1. The zero-order valence-corrected chi connectivity index (χ0v) is 14.6. The molecule has 7 nitrogen and oxygen atoms in total. The summed E-state index contributed by atoms with van der Waals surface area (Å²) in [5.74, 6) is 1.15. The van der Waals surface area contributed by atoms with Crippen LogP contribution in [0.1, 0.15) is 18.5 Å². The normalized spacial score (nSPS) is 24.9. The number of carbonyl (C=O) groups is 1. The fourth-order valence-electron chi connectivity index (χ4n) is 3.71. The number of anilines is 1. The van der Waals surface area contributed by atoms with Gasteiger partial charge in [0, 0.05) is 50.3 Å². The molecule has 0 spiro atoms. The van der Waals surface area contributed by atoms with Crippen LogP contribution in [-0.4, -0.2) is 52.7 Å². The molecule has 0 unspecified atom stereocenters. The van der Waals surface area contributed by atoms with E-state index in [1.165, 1.54) is 0 Å². The van der Waals surface area contributed by atoms with Gasteiger partial charge in [0.1, 0.15) is 6.10 Å². The van der Waals surface area contributed by atoms with Gasteiger partial charge in [0.15, 0.2) is 0 Å². The third-order valence-electron chi connectivity index (χ3n) is 5.09. The zero-order valence-electron chi connectivity index (χ0n) is 14.6. The number of nitrogens with zero attached hydrogens (tertiary/aromatic N) is 4. The summed E-state index contributed by atoms with van der Waals surface area (Å²) in [6.45, 7) is 2.23. The lowest BCUT2D eigenvalue weighted by atomic mass is 9.92. The monoisotopic (exact) mass is 353 g/mol. The van der Waals surface area contributed by atoms with Gasteiger partial charge in [-0.05, 0) is 37.0 Å². The van der Waals surface area contributed by atoms with Gasteiger partial charge >= 0.3 is 0 Å². The van der Waals surface area contributed by atoms with Crippen LogP contribution in [0, 0.1) is 5.92 Å². The van der Waals surface area contributed by atoms with Gasteiger partial charge in [-0.25, -0.2) is 9.97 Å². The smallest absolute Gasteiger partial charge is 0.249 e. The average Bonchev–Trinajstić information content (AvgIpc) is 3.13. The number of rotatable bonds is 5. The first-order valence-electron chi connectivity index (χ1n) is 9.14. The summed E-state index contributed by atoms with van der Waals surface area (Å²) < 4.78 is 6.06. The van der Waals surface area contributed by atoms with Crippen molar-refractivity contribution in [2.24, 2.45) is 5.92 Å². The minimum Gasteiger partial charge on any atom is -0.363 e. The molecule has 2 aromatic heterocycles. The topological polar surface area (TPSA) is 80.2 Å². The standard InChI is InChI=1S/C19H23N5O2/c25-18(21-10-5-15-4-1-2-7-20-15)16-12-14-6-11-24(13-17(14)26-16)19-22-8-3-9-23-19/h1-4,7-9,14,16-17H,5-6,10-13H2,(H,21,25)/t14-,16+,17+/m0/s1. The summed E-state index contributed by atoms with van der Waals surface area (Å²) in [5.41, 5.74) is 0.979. The Morgan fingerprint density at radius 1 is 1.19 bits per heavy atom. The number of ether oxygens (including phenoxy) is 1. The Hall–Kier alpha value is -2.54. The number of hydrogen-bond acceptors (Lipinski definition) is 6.